The van der Waals surface area contributed by atoms with Gasteiger partial charge in [0.25, 0.3) is 0 Å². The molecule has 0 saturated carbocycles. The Hall–Kier alpha value is -0.921. The Morgan fingerprint density at radius 1 is 0.833 bits per heavy atom. The molecule has 0 rings (SSSR count). The maximum Gasteiger partial charge on any atom is 0.328 e. The van der Waals surface area contributed by atoms with Crippen molar-refractivity contribution in [1.82, 2.24) is 0 Å². The molecule has 0 radical (unpaired) electrons. The maximum absolute atomic E-state index is 9.55. The zero-order valence-electron chi connectivity index (χ0n) is 5.72. The van der Waals surface area contributed by atoms with Crippen molar-refractivity contribution in [3.63, 3.8) is 0 Å². The summed E-state index contributed by atoms with van der Waals surface area (Å²) >= 11 is 0. The van der Waals surface area contributed by atoms with Crippen molar-refractivity contribution >= 4 is 11.9 Å². The van der Waals surface area contributed by atoms with Crippen LogP contribution in [0.2, 0.25) is 0 Å². The monoisotopic (exact) mass is 226 g/mol. The number of hydrogen-bond donors (Lipinski definition) is 2. The van der Waals surface area contributed by atoms with Crippen LogP contribution in [0.5, 0.6) is 0 Å². The molecule has 0 aromatic heterocycles. The third kappa shape index (κ3) is 35.6. The Bertz CT molecular complexity index is 126. The second-order valence-electron chi connectivity index (χ2n) is 1.01. The second-order valence-corrected chi connectivity index (χ2v) is 1.01. The van der Waals surface area contributed by atoms with Gasteiger partial charge in [0.1, 0.15) is 0 Å². The fourth-order valence-electron chi connectivity index (χ4n) is 0.143. The minimum Gasteiger partial charge on any atom is -0.478 e. The Morgan fingerprint density at radius 3 is 1.08 bits per heavy atom. The zero-order chi connectivity index (χ0) is 6.57. The van der Waals surface area contributed by atoms with E-state index in [-0.39, 0.29) is 33.5 Å². The fraction of sp³-hybridized carbons (Fsp3) is 0. The standard InChI is InChI=1S/C4H4O4.Fe.3H2O/c5-3(6)1-2-4(7)8;;;;/h1-2H,(H,5,6)(H,7,8);;3*1H2/b2-1-;;;;. The Morgan fingerprint density at radius 2 is 1.00 bits per heavy atom. The summed E-state index contributed by atoms with van der Waals surface area (Å²) in [7, 11) is 0. The molecule has 12 heavy (non-hydrogen) atoms. The summed E-state index contributed by atoms with van der Waals surface area (Å²) in [6.45, 7) is 0. The van der Waals surface area contributed by atoms with Crippen LogP contribution in [0.25, 0.3) is 0 Å². The zero-order valence-corrected chi connectivity index (χ0v) is 6.82. The summed E-state index contributed by atoms with van der Waals surface area (Å²) in [6, 6.07) is 0. The average Bonchev–Trinajstić information content (AvgIpc) is 1.61. The third-order valence-corrected chi connectivity index (χ3v) is 0.368. The van der Waals surface area contributed by atoms with Crippen LogP contribution in [0.4, 0.5) is 0 Å². The molecule has 7 nitrogen and oxygen atoms in total. The summed E-state index contributed by atoms with van der Waals surface area (Å²) in [5.74, 6) is -2.51. The van der Waals surface area contributed by atoms with Crippen LogP contribution in [-0.4, -0.2) is 38.6 Å². The van der Waals surface area contributed by atoms with Gasteiger partial charge in [0.05, 0.1) is 0 Å². The molecule has 0 aromatic carbocycles. The number of carboxylic acids is 2. The number of carbonyl (C=O) groups is 2. The topological polar surface area (TPSA) is 169 Å². The van der Waals surface area contributed by atoms with Gasteiger partial charge in [-0.15, -0.1) is 0 Å². The van der Waals surface area contributed by atoms with E-state index in [4.69, 9.17) is 10.2 Å². The molecule has 0 aliphatic carbocycles. The third-order valence-electron chi connectivity index (χ3n) is 0.368. The molecule has 0 atom stereocenters. The first-order valence-electron chi connectivity index (χ1n) is 1.77. The summed E-state index contributed by atoms with van der Waals surface area (Å²) in [6.07, 6.45) is 1.12. The van der Waals surface area contributed by atoms with E-state index in [1.165, 1.54) is 0 Å². The van der Waals surface area contributed by atoms with Gasteiger partial charge in [-0.25, -0.2) is 9.59 Å². The summed E-state index contributed by atoms with van der Waals surface area (Å²) in [5.41, 5.74) is 0. The first-order chi connectivity index (χ1) is 3.63. The number of carboxylic acid groups (broad SMARTS) is 2. The van der Waals surface area contributed by atoms with E-state index < -0.39 is 11.9 Å². The van der Waals surface area contributed by atoms with Crippen LogP contribution in [-0.2, 0) is 26.7 Å². The van der Waals surface area contributed by atoms with Crippen molar-refractivity contribution in [3.8, 4) is 0 Å². The molecule has 0 saturated heterocycles. The quantitative estimate of drug-likeness (QED) is 0.383. The van der Waals surface area contributed by atoms with E-state index in [2.05, 4.69) is 0 Å². The molecule has 0 amide bonds. The Kier molecular flexibility index (Phi) is 42.1. The Balaban J connectivity index is -0.0000000408. The van der Waals surface area contributed by atoms with Crippen molar-refractivity contribution in [2.45, 2.75) is 0 Å². The average molecular weight is 226 g/mol. The van der Waals surface area contributed by atoms with E-state index in [1.807, 2.05) is 0 Å². The molecular formula is C4H10FeO7. The van der Waals surface area contributed by atoms with Gasteiger partial charge in [-0.1, -0.05) is 0 Å². The van der Waals surface area contributed by atoms with Gasteiger partial charge < -0.3 is 26.6 Å². The predicted molar refractivity (Wildman–Crippen MR) is 35.3 cm³/mol. The molecule has 0 spiro atoms. The van der Waals surface area contributed by atoms with Crippen molar-refractivity contribution < 1.29 is 53.3 Å². The molecular weight excluding hydrogens is 216 g/mol. The van der Waals surface area contributed by atoms with E-state index in [0.717, 1.165) is 0 Å². The van der Waals surface area contributed by atoms with Crippen molar-refractivity contribution in [2.24, 2.45) is 0 Å². The minimum atomic E-state index is -1.26. The van der Waals surface area contributed by atoms with Crippen molar-refractivity contribution in [1.29, 1.82) is 0 Å². The van der Waals surface area contributed by atoms with Crippen LogP contribution in [0, 0.1) is 0 Å². The van der Waals surface area contributed by atoms with Gasteiger partial charge in [0.2, 0.25) is 0 Å². The normalized spacial score (nSPS) is 6.33. The number of hydrogen-bond acceptors (Lipinski definition) is 2. The van der Waals surface area contributed by atoms with Crippen LogP contribution in [0.3, 0.4) is 0 Å². The van der Waals surface area contributed by atoms with Crippen molar-refractivity contribution in [2.75, 3.05) is 0 Å². The van der Waals surface area contributed by atoms with Gasteiger partial charge >= 0.3 is 11.9 Å². The second kappa shape index (κ2) is 16.6. The van der Waals surface area contributed by atoms with E-state index in [0.29, 0.717) is 12.2 Å². The fourth-order valence-corrected chi connectivity index (χ4v) is 0.143. The van der Waals surface area contributed by atoms with Gasteiger partial charge in [0.15, 0.2) is 0 Å². The van der Waals surface area contributed by atoms with E-state index in [1.54, 1.807) is 0 Å². The molecule has 0 heterocycles. The first kappa shape index (κ1) is 30.5. The molecule has 0 bridgehead atoms. The van der Waals surface area contributed by atoms with Crippen LogP contribution in [0.1, 0.15) is 0 Å². The summed E-state index contributed by atoms with van der Waals surface area (Å²) in [5, 5.41) is 15.6. The summed E-state index contributed by atoms with van der Waals surface area (Å²) in [4.78, 5) is 19.1. The molecule has 0 unspecified atom stereocenters. The Labute approximate surface area is 78.1 Å². The van der Waals surface area contributed by atoms with Crippen LogP contribution >= 0.6 is 0 Å². The maximum atomic E-state index is 9.55. The largest absolute Gasteiger partial charge is 0.478 e. The van der Waals surface area contributed by atoms with Crippen LogP contribution < -0.4 is 0 Å². The van der Waals surface area contributed by atoms with Gasteiger partial charge in [-0.05, 0) is 0 Å². The minimum absolute atomic E-state index is 0. The van der Waals surface area contributed by atoms with Crippen LogP contribution in [0.15, 0.2) is 12.2 Å². The molecule has 0 aliphatic rings. The number of rotatable bonds is 2. The SMILES string of the molecule is O.O.O.O=C(O)/C=C\C(=O)O.[Fe]. The van der Waals surface area contributed by atoms with Gasteiger partial charge in [-0.3, -0.25) is 0 Å². The molecule has 0 aromatic rings. The molecule has 0 fully saturated rings. The van der Waals surface area contributed by atoms with Gasteiger partial charge in [-0.2, -0.15) is 0 Å². The molecule has 76 valence electrons. The van der Waals surface area contributed by atoms with Crippen molar-refractivity contribution in [3.05, 3.63) is 12.2 Å². The van der Waals surface area contributed by atoms with E-state index in [9.17, 15) is 9.59 Å². The summed E-state index contributed by atoms with van der Waals surface area (Å²) < 4.78 is 0. The van der Waals surface area contributed by atoms with Gasteiger partial charge in [0, 0.05) is 29.2 Å². The molecule has 8 N–H and O–H groups in total. The van der Waals surface area contributed by atoms with E-state index >= 15 is 0 Å². The predicted octanol–water partition coefficient (Wildman–Crippen LogP) is -2.76. The molecule has 8 heteroatoms. The smallest absolute Gasteiger partial charge is 0.328 e. The number of aliphatic carboxylic acids is 2. The first-order valence-corrected chi connectivity index (χ1v) is 1.77. The molecule has 0 aliphatic heterocycles.